The Labute approximate surface area is 149 Å². The van der Waals surface area contributed by atoms with Crippen molar-refractivity contribution in [1.29, 1.82) is 5.26 Å². The lowest BCUT2D eigenvalue weighted by Gasteiger charge is -2.01. The van der Waals surface area contributed by atoms with Crippen LogP contribution in [0.25, 0.3) is 28.3 Å². The van der Waals surface area contributed by atoms with Crippen LogP contribution in [0.1, 0.15) is 12.5 Å². The van der Waals surface area contributed by atoms with Gasteiger partial charge in [-0.1, -0.05) is 22.8 Å². The lowest BCUT2D eigenvalue weighted by Crippen LogP contribution is -2.05. The van der Waals surface area contributed by atoms with Crippen LogP contribution < -0.4 is 0 Å². The Morgan fingerprint density at radius 1 is 1.32 bits per heavy atom. The molecule has 3 rings (SSSR count). The fourth-order valence-corrected chi connectivity index (χ4v) is 2.50. The van der Waals surface area contributed by atoms with Crippen molar-refractivity contribution in [2.75, 3.05) is 6.61 Å². The number of aromatic nitrogens is 1. The number of ether oxygens (including phenoxy) is 1. The van der Waals surface area contributed by atoms with Gasteiger partial charge in [-0.05, 0) is 55.0 Å². The number of hydrogen-bond donors (Lipinski definition) is 0. The molecule has 0 aliphatic rings. The summed E-state index contributed by atoms with van der Waals surface area (Å²) in [5.41, 5.74) is 2.12. The molecule has 3 aromatic rings. The third kappa shape index (κ3) is 3.54. The van der Waals surface area contributed by atoms with Gasteiger partial charge in [-0.25, -0.2) is 4.79 Å². The Bertz CT molecular complexity index is 998. The van der Waals surface area contributed by atoms with E-state index in [2.05, 4.69) is 5.16 Å². The Kier molecular flexibility index (Phi) is 4.82. The predicted molar refractivity (Wildman–Crippen MR) is 94.7 cm³/mol. The average Bonchev–Trinajstić information content (AvgIpc) is 3.03. The summed E-state index contributed by atoms with van der Waals surface area (Å²) in [6.07, 6.45) is 1.48. The molecule has 0 spiro atoms. The van der Waals surface area contributed by atoms with Gasteiger partial charge < -0.3 is 9.26 Å². The van der Waals surface area contributed by atoms with Crippen LogP contribution >= 0.6 is 11.6 Å². The highest BCUT2D eigenvalue weighted by Gasteiger charge is 2.13. The SMILES string of the molecule is CCOC(=O)/C(C#N)=C\c1ccc2noc(-c3ccc(Cl)cc3)c2c1. The molecule has 0 bridgehead atoms. The highest BCUT2D eigenvalue weighted by molar-refractivity contribution is 6.30. The second-order valence-electron chi connectivity index (χ2n) is 5.19. The molecule has 0 unspecified atom stereocenters. The number of nitriles is 1. The highest BCUT2D eigenvalue weighted by Crippen LogP contribution is 2.30. The molecule has 0 aliphatic carbocycles. The van der Waals surface area contributed by atoms with Gasteiger partial charge in [0.25, 0.3) is 0 Å². The van der Waals surface area contributed by atoms with E-state index in [1.54, 1.807) is 31.2 Å². The Hall–Kier alpha value is -3.10. The van der Waals surface area contributed by atoms with Gasteiger partial charge in [0, 0.05) is 10.6 Å². The topological polar surface area (TPSA) is 76.1 Å². The van der Waals surface area contributed by atoms with Crippen molar-refractivity contribution in [2.45, 2.75) is 6.92 Å². The van der Waals surface area contributed by atoms with Crippen LogP contribution in [0.3, 0.4) is 0 Å². The van der Waals surface area contributed by atoms with Crippen LogP contribution in [-0.2, 0) is 9.53 Å². The maximum absolute atomic E-state index is 11.8. The maximum atomic E-state index is 11.8. The number of benzene rings is 2. The summed E-state index contributed by atoms with van der Waals surface area (Å²) in [5.74, 6) is -0.0510. The Morgan fingerprint density at radius 2 is 2.08 bits per heavy atom. The van der Waals surface area contributed by atoms with Gasteiger partial charge in [0.15, 0.2) is 5.76 Å². The van der Waals surface area contributed by atoms with E-state index in [4.69, 9.17) is 26.1 Å². The van der Waals surface area contributed by atoms with E-state index in [-0.39, 0.29) is 12.2 Å². The number of fused-ring (bicyclic) bond motifs is 1. The molecule has 0 amide bonds. The lowest BCUT2D eigenvalue weighted by atomic mass is 10.0. The van der Waals surface area contributed by atoms with Crippen molar-refractivity contribution in [2.24, 2.45) is 0 Å². The van der Waals surface area contributed by atoms with Gasteiger partial charge in [0.05, 0.1) is 12.0 Å². The molecule has 0 saturated carbocycles. The van der Waals surface area contributed by atoms with Crippen LogP contribution in [0.5, 0.6) is 0 Å². The summed E-state index contributed by atoms with van der Waals surface area (Å²) in [5, 5.41) is 14.6. The summed E-state index contributed by atoms with van der Waals surface area (Å²) < 4.78 is 10.3. The minimum atomic E-state index is -0.645. The first kappa shape index (κ1) is 16.7. The first-order valence-electron chi connectivity index (χ1n) is 7.56. The summed E-state index contributed by atoms with van der Waals surface area (Å²) in [4.78, 5) is 11.8. The molecular weight excluding hydrogens is 340 g/mol. The second kappa shape index (κ2) is 7.20. The van der Waals surface area contributed by atoms with E-state index in [0.717, 1.165) is 10.9 Å². The van der Waals surface area contributed by atoms with Crippen molar-refractivity contribution >= 4 is 34.5 Å². The van der Waals surface area contributed by atoms with Crippen LogP contribution in [0.2, 0.25) is 5.02 Å². The van der Waals surface area contributed by atoms with Crippen LogP contribution in [0.4, 0.5) is 0 Å². The van der Waals surface area contributed by atoms with Crippen molar-refractivity contribution < 1.29 is 14.1 Å². The van der Waals surface area contributed by atoms with E-state index in [0.29, 0.717) is 21.9 Å². The number of nitrogens with zero attached hydrogens (tertiary/aromatic N) is 2. The van der Waals surface area contributed by atoms with Gasteiger partial charge in [0.2, 0.25) is 0 Å². The van der Waals surface area contributed by atoms with Crippen LogP contribution in [0, 0.1) is 11.3 Å². The van der Waals surface area contributed by atoms with Crippen molar-refractivity contribution in [1.82, 2.24) is 5.16 Å². The van der Waals surface area contributed by atoms with Crippen molar-refractivity contribution in [3.63, 3.8) is 0 Å². The summed E-state index contributed by atoms with van der Waals surface area (Å²) in [6.45, 7) is 1.90. The Morgan fingerprint density at radius 3 is 2.76 bits per heavy atom. The van der Waals surface area contributed by atoms with E-state index < -0.39 is 5.97 Å². The predicted octanol–water partition coefficient (Wildman–Crippen LogP) is 4.62. The fraction of sp³-hybridized carbons (Fsp3) is 0.105. The number of hydrogen-bond acceptors (Lipinski definition) is 5. The molecule has 1 aromatic heterocycles. The normalized spacial score (nSPS) is 11.3. The molecule has 5 nitrogen and oxygen atoms in total. The highest BCUT2D eigenvalue weighted by atomic mass is 35.5. The molecule has 6 heteroatoms. The third-order valence-corrected chi connectivity index (χ3v) is 3.79. The van der Waals surface area contributed by atoms with Crippen molar-refractivity contribution in [3.05, 3.63) is 58.6 Å². The smallest absolute Gasteiger partial charge is 0.348 e. The van der Waals surface area contributed by atoms with Gasteiger partial charge in [-0.3, -0.25) is 0 Å². The zero-order chi connectivity index (χ0) is 17.8. The van der Waals surface area contributed by atoms with Crippen molar-refractivity contribution in [3.8, 4) is 17.4 Å². The molecule has 1 heterocycles. The molecule has 25 heavy (non-hydrogen) atoms. The fourth-order valence-electron chi connectivity index (χ4n) is 2.37. The average molecular weight is 353 g/mol. The summed E-state index contributed by atoms with van der Waals surface area (Å²) >= 11 is 5.92. The van der Waals surface area contributed by atoms with E-state index >= 15 is 0 Å². The summed E-state index contributed by atoms with van der Waals surface area (Å²) in [7, 11) is 0. The largest absolute Gasteiger partial charge is 0.462 e. The molecule has 0 atom stereocenters. The van der Waals surface area contributed by atoms with Gasteiger partial charge >= 0.3 is 5.97 Å². The molecule has 2 aromatic carbocycles. The minimum Gasteiger partial charge on any atom is -0.462 e. The lowest BCUT2D eigenvalue weighted by molar-refractivity contribution is -0.137. The number of rotatable bonds is 4. The van der Waals surface area contributed by atoms with Crippen LogP contribution in [0.15, 0.2) is 52.6 Å². The molecule has 0 radical (unpaired) electrons. The number of esters is 1. The quantitative estimate of drug-likeness (QED) is 0.389. The molecule has 124 valence electrons. The first-order chi connectivity index (χ1) is 12.1. The number of carbonyl (C=O) groups excluding carboxylic acids is 1. The molecule has 0 aliphatic heterocycles. The molecule has 0 saturated heterocycles. The molecule has 0 fully saturated rings. The molecular formula is C19H13ClN2O3. The number of carbonyl (C=O) groups is 1. The third-order valence-electron chi connectivity index (χ3n) is 3.53. The maximum Gasteiger partial charge on any atom is 0.348 e. The van der Waals surface area contributed by atoms with E-state index in [1.807, 2.05) is 24.3 Å². The standard InChI is InChI=1S/C19H13ClN2O3/c1-2-24-19(23)14(11-21)9-12-3-8-17-16(10-12)18(25-22-17)13-4-6-15(20)7-5-13/h3-10H,2H2,1H3/b14-9-. The zero-order valence-corrected chi connectivity index (χ0v) is 14.1. The van der Waals surface area contributed by atoms with Crippen LogP contribution in [-0.4, -0.2) is 17.7 Å². The van der Waals surface area contributed by atoms with Gasteiger partial charge in [-0.2, -0.15) is 5.26 Å². The zero-order valence-electron chi connectivity index (χ0n) is 13.3. The van der Waals surface area contributed by atoms with E-state index in [9.17, 15) is 4.79 Å². The van der Waals surface area contributed by atoms with E-state index in [1.165, 1.54) is 6.08 Å². The summed E-state index contributed by atoms with van der Waals surface area (Å²) in [6, 6.07) is 14.4. The van der Waals surface area contributed by atoms with Gasteiger partial charge in [-0.15, -0.1) is 0 Å². The minimum absolute atomic E-state index is 0.0642. The van der Waals surface area contributed by atoms with Gasteiger partial charge in [0.1, 0.15) is 17.2 Å². The monoisotopic (exact) mass is 352 g/mol. The second-order valence-corrected chi connectivity index (χ2v) is 5.62. The number of halogens is 1. The Balaban J connectivity index is 2.05. The molecule has 0 N–H and O–H groups in total. The first-order valence-corrected chi connectivity index (χ1v) is 7.94.